The molecule has 0 aliphatic carbocycles. The van der Waals surface area contributed by atoms with Crippen molar-refractivity contribution >= 4 is 22.6 Å². The standard InChI is InChI=1S/C11H14F2INO/c1-7(15)8-2-3-10(9(4-8)5-14)16-6-11(12)13/h2-4,7,11H,5-6,15H2,1H3. The first-order chi connectivity index (χ1) is 7.54. The molecule has 1 rings (SSSR count). The number of hydrogen-bond donors (Lipinski definition) is 1. The summed E-state index contributed by atoms with van der Waals surface area (Å²) in [6.45, 7) is 1.31. The molecule has 0 aliphatic heterocycles. The summed E-state index contributed by atoms with van der Waals surface area (Å²) in [5, 5.41) is 0. The van der Waals surface area contributed by atoms with Crippen molar-refractivity contribution in [3.8, 4) is 5.75 Å². The molecule has 0 aromatic heterocycles. The molecule has 0 spiro atoms. The lowest BCUT2D eigenvalue weighted by Gasteiger charge is -2.13. The second kappa shape index (κ2) is 6.34. The summed E-state index contributed by atoms with van der Waals surface area (Å²) < 4.78 is 29.8. The van der Waals surface area contributed by atoms with Gasteiger partial charge in [0, 0.05) is 16.0 Å². The van der Waals surface area contributed by atoms with E-state index in [4.69, 9.17) is 10.5 Å². The van der Waals surface area contributed by atoms with Crippen LogP contribution in [0.15, 0.2) is 18.2 Å². The number of ether oxygens (including phenoxy) is 1. The molecule has 1 aromatic rings. The van der Waals surface area contributed by atoms with E-state index in [2.05, 4.69) is 22.6 Å². The monoisotopic (exact) mass is 341 g/mol. The average molecular weight is 341 g/mol. The molecule has 2 N–H and O–H groups in total. The molecule has 5 heteroatoms. The van der Waals surface area contributed by atoms with E-state index >= 15 is 0 Å². The van der Waals surface area contributed by atoms with Crippen molar-refractivity contribution in [1.82, 2.24) is 0 Å². The van der Waals surface area contributed by atoms with Crippen LogP contribution in [0.2, 0.25) is 0 Å². The molecule has 0 heterocycles. The first-order valence-corrected chi connectivity index (χ1v) is 6.42. The van der Waals surface area contributed by atoms with Gasteiger partial charge in [0.25, 0.3) is 6.43 Å². The van der Waals surface area contributed by atoms with Crippen molar-refractivity contribution in [2.75, 3.05) is 6.61 Å². The second-order valence-corrected chi connectivity index (χ2v) is 4.25. The lowest BCUT2D eigenvalue weighted by molar-refractivity contribution is 0.0815. The second-order valence-electron chi connectivity index (χ2n) is 3.49. The lowest BCUT2D eigenvalue weighted by atomic mass is 10.1. The molecule has 0 saturated carbocycles. The zero-order valence-electron chi connectivity index (χ0n) is 8.92. The van der Waals surface area contributed by atoms with Crippen molar-refractivity contribution in [1.29, 1.82) is 0 Å². The fourth-order valence-electron chi connectivity index (χ4n) is 1.28. The Morgan fingerprint density at radius 1 is 1.44 bits per heavy atom. The van der Waals surface area contributed by atoms with E-state index in [9.17, 15) is 8.78 Å². The van der Waals surface area contributed by atoms with E-state index in [-0.39, 0.29) is 6.04 Å². The average Bonchev–Trinajstić information content (AvgIpc) is 2.25. The highest BCUT2D eigenvalue weighted by atomic mass is 127. The first-order valence-electron chi connectivity index (χ1n) is 4.90. The Morgan fingerprint density at radius 2 is 2.12 bits per heavy atom. The molecule has 90 valence electrons. The molecule has 16 heavy (non-hydrogen) atoms. The van der Waals surface area contributed by atoms with E-state index in [1.54, 1.807) is 12.1 Å². The number of halogens is 3. The predicted molar refractivity (Wildman–Crippen MR) is 68.3 cm³/mol. The molecule has 0 amide bonds. The van der Waals surface area contributed by atoms with Gasteiger partial charge in [-0.05, 0) is 24.6 Å². The van der Waals surface area contributed by atoms with Gasteiger partial charge in [0.15, 0.2) is 0 Å². The Labute approximate surface area is 107 Å². The van der Waals surface area contributed by atoms with Gasteiger partial charge in [-0.3, -0.25) is 0 Å². The lowest BCUT2D eigenvalue weighted by Crippen LogP contribution is -2.09. The van der Waals surface area contributed by atoms with Gasteiger partial charge in [0.2, 0.25) is 0 Å². The molecule has 0 bridgehead atoms. The Kier molecular flexibility index (Phi) is 5.40. The Morgan fingerprint density at radius 3 is 2.62 bits per heavy atom. The fraction of sp³-hybridized carbons (Fsp3) is 0.455. The minimum atomic E-state index is -2.45. The zero-order valence-corrected chi connectivity index (χ0v) is 11.1. The van der Waals surface area contributed by atoms with Crippen molar-refractivity contribution in [3.63, 3.8) is 0 Å². The van der Waals surface area contributed by atoms with Gasteiger partial charge in [-0.15, -0.1) is 0 Å². The van der Waals surface area contributed by atoms with Crippen LogP contribution in [0.5, 0.6) is 5.75 Å². The van der Waals surface area contributed by atoms with Crippen LogP contribution in [0.25, 0.3) is 0 Å². The van der Waals surface area contributed by atoms with Gasteiger partial charge < -0.3 is 10.5 Å². The van der Waals surface area contributed by atoms with Gasteiger partial charge in [-0.2, -0.15) is 0 Å². The highest BCUT2D eigenvalue weighted by molar-refractivity contribution is 14.1. The van der Waals surface area contributed by atoms with Crippen molar-refractivity contribution < 1.29 is 13.5 Å². The summed E-state index contributed by atoms with van der Waals surface area (Å²) in [7, 11) is 0. The summed E-state index contributed by atoms with van der Waals surface area (Å²) >= 11 is 2.17. The van der Waals surface area contributed by atoms with Gasteiger partial charge in [-0.25, -0.2) is 8.78 Å². The molecule has 1 atom stereocenters. The van der Waals surface area contributed by atoms with E-state index < -0.39 is 13.0 Å². The third-order valence-corrected chi connectivity index (χ3v) is 2.94. The zero-order chi connectivity index (χ0) is 12.1. The summed E-state index contributed by atoms with van der Waals surface area (Å²) in [5.41, 5.74) is 7.63. The maximum absolute atomic E-state index is 12.0. The maximum atomic E-state index is 12.0. The Hall–Kier alpha value is -0.430. The van der Waals surface area contributed by atoms with Gasteiger partial charge in [0.1, 0.15) is 12.4 Å². The third kappa shape index (κ3) is 3.86. The Balaban J connectivity index is 2.84. The highest BCUT2D eigenvalue weighted by Crippen LogP contribution is 2.25. The van der Waals surface area contributed by atoms with E-state index in [0.717, 1.165) is 11.1 Å². The summed E-state index contributed by atoms with van der Waals surface area (Å²) in [4.78, 5) is 0. The minimum absolute atomic E-state index is 0.0640. The summed E-state index contributed by atoms with van der Waals surface area (Å²) in [6, 6.07) is 5.35. The minimum Gasteiger partial charge on any atom is -0.487 e. The maximum Gasteiger partial charge on any atom is 0.272 e. The van der Waals surface area contributed by atoms with Gasteiger partial charge in [0.05, 0.1) is 0 Å². The quantitative estimate of drug-likeness (QED) is 0.659. The van der Waals surface area contributed by atoms with E-state index in [0.29, 0.717) is 10.2 Å². The van der Waals surface area contributed by atoms with Crippen molar-refractivity contribution in [3.05, 3.63) is 29.3 Å². The topological polar surface area (TPSA) is 35.2 Å². The number of hydrogen-bond acceptors (Lipinski definition) is 2. The van der Waals surface area contributed by atoms with Crippen LogP contribution in [0.3, 0.4) is 0 Å². The molecule has 0 radical (unpaired) electrons. The molecule has 2 nitrogen and oxygen atoms in total. The summed E-state index contributed by atoms with van der Waals surface area (Å²) in [6.07, 6.45) is -2.45. The van der Waals surface area contributed by atoms with E-state index in [1.807, 2.05) is 13.0 Å². The summed E-state index contributed by atoms with van der Waals surface area (Å²) in [5.74, 6) is 0.513. The van der Waals surface area contributed by atoms with E-state index in [1.165, 1.54) is 0 Å². The SMILES string of the molecule is CC(N)c1ccc(OCC(F)F)c(CI)c1. The third-order valence-electron chi connectivity index (χ3n) is 2.12. The molecular weight excluding hydrogens is 327 g/mol. The van der Waals surface area contributed by atoms with Gasteiger partial charge in [-0.1, -0.05) is 28.7 Å². The van der Waals surface area contributed by atoms with Crippen LogP contribution in [-0.4, -0.2) is 13.0 Å². The highest BCUT2D eigenvalue weighted by Gasteiger charge is 2.09. The fourth-order valence-corrected chi connectivity index (χ4v) is 1.88. The number of benzene rings is 1. The van der Waals surface area contributed by atoms with Crippen molar-refractivity contribution in [2.24, 2.45) is 5.73 Å². The van der Waals surface area contributed by atoms with Crippen LogP contribution in [0.1, 0.15) is 24.1 Å². The number of nitrogens with two attached hydrogens (primary N) is 1. The van der Waals surface area contributed by atoms with Gasteiger partial charge >= 0.3 is 0 Å². The van der Waals surface area contributed by atoms with Crippen LogP contribution < -0.4 is 10.5 Å². The molecule has 1 unspecified atom stereocenters. The Bertz CT molecular complexity index is 345. The molecule has 1 aromatic carbocycles. The molecule has 0 aliphatic rings. The van der Waals surface area contributed by atoms with Crippen molar-refractivity contribution in [2.45, 2.75) is 23.8 Å². The predicted octanol–water partition coefficient (Wildman–Crippen LogP) is 3.29. The normalized spacial score (nSPS) is 12.9. The number of alkyl halides is 3. The molecule has 0 saturated heterocycles. The largest absolute Gasteiger partial charge is 0.487 e. The van der Waals surface area contributed by atoms with Crippen LogP contribution in [0, 0.1) is 0 Å². The first kappa shape index (κ1) is 13.6. The number of rotatable bonds is 5. The van der Waals surface area contributed by atoms with Crippen LogP contribution >= 0.6 is 22.6 Å². The molecular formula is C11H14F2INO. The van der Waals surface area contributed by atoms with Crippen LogP contribution in [-0.2, 0) is 4.43 Å². The smallest absolute Gasteiger partial charge is 0.272 e. The molecule has 0 fully saturated rings. The van der Waals surface area contributed by atoms with Crippen LogP contribution in [0.4, 0.5) is 8.78 Å².